The van der Waals surface area contributed by atoms with Gasteiger partial charge in [0.2, 0.25) is 0 Å². The Morgan fingerprint density at radius 2 is 2.07 bits per heavy atom. The van der Waals surface area contributed by atoms with Gasteiger partial charge in [-0.3, -0.25) is 9.48 Å². The van der Waals surface area contributed by atoms with Gasteiger partial charge in [-0.2, -0.15) is 13.9 Å². The molecule has 3 N–H and O–H groups in total. The predicted octanol–water partition coefficient (Wildman–Crippen LogP) is 2.79. The number of hydrogen-bond acceptors (Lipinski definition) is 5. The minimum Gasteiger partial charge on any atom is -0.321 e. The van der Waals surface area contributed by atoms with Crippen molar-refractivity contribution in [3.63, 3.8) is 0 Å². The van der Waals surface area contributed by atoms with Crippen LogP contribution in [0, 0.1) is 18.3 Å². The van der Waals surface area contributed by atoms with E-state index in [0.29, 0.717) is 17.9 Å². The number of carbonyl (C=O) groups excluding carboxylic acids is 1. The van der Waals surface area contributed by atoms with E-state index in [1.54, 1.807) is 0 Å². The number of alkyl halides is 2. The maximum absolute atomic E-state index is 14.1. The summed E-state index contributed by atoms with van der Waals surface area (Å²) in [6.45, 7) is 2.58. The van der Waals surface area contributed by atoms with Crippen LogP contribution in [-0.2, 0) is 22.5 Å². The summed E-state index contributed by atoms with van der Waals surface area (Å²) in [7, 11) is -4.05. The van der Waals surface area contributed by atoms with E-state index < -0.39 is 32.6 Å². The van der Waals surface area contributed by atoms with E-state index >= 15 is 0 Å². The zero-order valence-electron chi connectivity index (χ0n) is 16.7. The average molecular weight is 439 g/mol. The van der Waals surface area contributed by atoms with Crippen LogP contribution in [-0.4, -0.2) is 29.1 Å². The number of carbonyl (C=O) groups is 1. The summed E-state index contributed by atoms with van der Waals surface area (Å²) in [6.07, 6.45) is 5.65. The van der Waals surface area contributed by atoms with Crippen LogP contribution >= 0.6 is 0 Å². The number of amides is 1. The second-order valence-corrected chi connectivity index (χ2v) is 10.1. The summed E-state index contributed by atoms with van der Waals surface area (Å²) in [5.41, 5.74) is 0.275. The Hall–Kier alpha value is -2.40. The molecule has 0 atom stereocenters. The van der Waals surface area contributed by atoms with Gasteiger partial charge in [0.15, 0.2) is 5.03 Å². The first kappa shape index (κ1) is 20.9. The second kappa shape index (κ2) is 6.81. The van der Waals surface area contributed by atoms with Gasteiger partial charge in [0.1, 0.15) is 11.4 Å². The van der Waals surface area contributed by atoms with E-state index in [0.717, 1.165) is 25.8 Å². The van der Waals surface area contributed by atoms with Crippen LogP contribution in [0.1, 0.15) is 54.4 Å². The first-order valence-corrected chi connectivity index (χ1v) is 11.2. The molecular formula is C19H23F2N5O3S. The number of sulfonamides is 1. The zero-order chi connectivity index (χ0) is 21.9. The van der Waals surface area contributed by atoms with Gasteiger partial charge in [-0.05, 0) is 50.0 Å². The second-order valence-electron chi connectivity index (χ2n) is 8.55. The molecule has 30 heavy (non-hydrogen) atoms. The SMILES string of the molecule is Cc1c(C(C)(F)F)nn(CC2CC3(CC3)C2)c1C(=O)Nc1ccnc(S(N)(=O)=O)c1. The number of nitrogens with one attached hydrogen (secondary N) is 1. The molecule has 2 aromatic rings. The molecule has 2 fully saturated rings. The number of aromatic nitrogens is 3. The standard InChI is InChI=1S/C19H23F2N5O3S/c1-11-15(17(27)24-13-3-6-23-14(7-13)30(22,28)29)26(25-16(11)18(2,20)21)10-12-8-19(9-12)4-5-19/h3,6-7,12H,4-5,8-10H2,1-2H3,(H2,22,28,29)(H,23,24,27). The van der Waals surface area contributed by atoms with Gasteiger partial charge < -0.3 is 5.32 Å². The van der Waals surface area contributed by atoms with Crippen molar-refractivity contribution in [1.29, 1.82) is 0 Å². The molecule has 0 radical (unpaired) electrons. The van der Waals surface area contributed by atoms with Gasteiger partial charge in [0.05, 0.1) is 0 Å². The number of halogens is 2. The van der Waals surface area contributed by atoms with Crippen LogP contribution < -0.4 is 10.5 Å². The van der Waals surface area contributed by atoms with Gasteiger partial charge in [0, 0.05) is 37.0 Å². The fourth-order valence-electron chi connectivity index (χ4n) is 4.34. The number of rotatable bonds is 6. The lowest BCUT2D eigenvalue weighted by Gasteiger charge is -2.36. The fraction of sp³-hybridized carbons (Fsp3) is 0.526. The highest BCUT2D eigenvalue weighted by atomic mass is 32.2. The van der Waals surface area contributed by atoms with E-state index in [4.69, 9.17) is 5.14 Å². The van der Waals surface area contributed by atoms with Crippen LogP contribution in [0.4, 0.5) is 14.5 Å². The normalized spacial score (nSPS) is 18.3. The number of nitrogens with zero attached hydrogens (tertiary/aromatic N) is 3. The fourth-order valence-corrected chi connectivity index (χ4v) is 4.84. The van der Waals surface area contributed by atoms with E-state index in [-0.39, 0.29) is 16.9 Å². The summed E-state index contributed by atoms with van der Waals surface area (Å²) in [5.74, 6) is -3.55. The third kappa shape index (κ3) is 3.95. The Morgan fingerprint density at radius 1 is 1.40 bits per heavy atom. The quantitative estimate of drug-likeness (QED) is 0.717. The molecule has 4 rings (SSSR count). The van der Waals surface area contributed by atoms with Crippen LogP contribution in [0.5, 0.6) is 0 Å². The van der Waals surface area contributed by atoms with Crippen LogP contribution in [0.15, 0.2) is 23.4 Å². The first-order valence-electron chi connectivity index (χ1n) is 9.64. The predicted molar refractivity (Wildman–Crippen MR) is 104 cm³/mol. The maximum Gasteiger partial charge on any atom is 0.289 e. The summed E-state index contributed by atoms with van der Waals surface area (Å²) >= 11 is 0. The van der Waals surface area contributed by atoms with Gasteiger partial charge in [0.25, 0.3) is 21.9 Å². The van der Waals surface area contributed by atoms with Crippen LogP contribution in [0.25, 0.3) is 0 Å². The maximum atomic E-state index is 14.1. The van der Waals surface area contributed by atoms with Crippen molar-refractivity contribution in [1.82, 2.24) is 14.8 Å². The molecule has 0 aromatic carbocycles. The minimum absolute atomic E-state index is 0.0391. The largest absolute Gasteiger partial charge is 0.321 e. The molecule has 2 aliphatic carbocycles. The highest BCUT2D eigenvalue weighted by Crippen LogP contribution is 2.63. The Kier molecular flexibility index (Phi) is 4.73. The molecule has 0 unspecified atom stereocenters. The number of anilines is 1. The molecule has 2 heterocycles. The Labute approximate surface area is 172 Å². The van der Waals surface area contributed by atoms with E-state index in [1.807, 2.05) is 0 Å². The lowest BCUT2D eigenvalue weighted by Crippen LogP contribution is -2.31. The number of hydrogen-bond donors (Lipinski definition) is 2. The summed E-state index contributed by atoms with van der Waals surface area (Å²) < 4.78 is 52.4. The molecule has 2 aromatic heterocycles. The molecule has 1 spiro atoms. The van der Waals surface area contributed by atoms with Crippen molar-refractivity contribution in [2.45, 2.75) is 57.0 Å². The Bertz CT molecular complexity index is 1110. The molecule has 2 aliphatic rings. The number of primary sulfonamides is 1. The van der Waals surface area contributed by atoms with Crippen molar-refractivity contribution in [2.24, 2.45) is 16.5 Å². The van der Waals surface area contributed by atoms with Crippen LogP contribution in [0.2, 0.25) is 0 Å². The van der Waals surface area contributed by atoms with Gasteiger partial charge in [-0.25, -0.2) is 18.5 Å². The molecule has 8 nitrogen and oxygen atoms in total. The van der Waals surface area contributed by atoms with Crippen molar-refractivity contribution in [3.05, 3.63) is 35.3 Å². The minimum atomic E-state index is -4.05. The van der Waals surface area contributed by atoms with E-state index in [9.17, 15) is 22.0 Å². The molecule has 162 valence electrons. The highest BCUT2D eigenvalue weighted by molar-refractivity contribution is 7.89. The van der Waals surface area contributed by atoms with Crippen molar-refractivity contribution < 1.29 is 22.0 Å². The number of nitrogens with two attached hydrogens (primary N) is 1. The first-order chi connectivity index (χ1) is 13.9. The smallest absolute Gasteiger partial charge is 0.289 e. The molecule has 11 heteroatoms. The van der Waals surface area contributed by atoms with Gasteiger partial charge in [-0.1, -0.05) is 0 Å². The highest BCUT2D eigenvalue weighted by Gasteiger charge is 2.53. The lowest BCUT2D eigenvalue weighted by molar-refractivity contribution is 0.0111. The zero-order valence-corrected chi connectivity index (χ0v) is 17.5. The molecule has 0 aliphatic heterocycles. The van der Waals surface area contributed by atoms with Crippen molar-refractivity contribution in [2.75, 3.05) is 5.32 Å². The lowest BCUT2D eigenvalue weighted by atomic mass is 9.72. The molecular weight excluding hydrogens is 416 g/mol. The molecule has 0 bridgehead atoms. The Morgan fingerprint density at radius 3 is 2.63 bits per heavy atom. The topological polar surface area (TPSA) is 120 Å². The van der Waals surface area contributed by atoms with Crippen molar-refractivity contribution >= 4 is 21.6 Å². The third-order valence-corrected chi connectivity index (χ3v) is 6.74. The molecule has 0 saturated heterocycles. The third-order valence-electron chi connectivity index (χ3n) is 5.94. The number of pyridine rings is 1. The van der Waals surface area contributed by atoms with Gasteiger partial charge in [-0.15, -0.1) is 0 Å². The molecule has 1 amide bonds. The average Bonchev–Trinajstić information content (AvgIpc) is 3.31. The van der Waals surface area contributed by atoms with E-state index in [1.165, 1.54) is 36.7 Å². The van der Waals surface area contributed by atoms with Gasteiger partial charge >= 0.3 is 0 Å². The molecule has 2 saturated carbocycles. The summed E-state index contributed by atoms with van der Waals surface area (Å²) in [4.78, 5) is 16.6. The Balaban J connectivity index is 1.63. The summed E-state index contributed by atoms with van der Waals surface area (Å²) in [5, 5.41) is 11.3. The monoisotopic (exact) mass is 439 g/mol. The van der Waals surface area contributed by atoms with E-state index in [2.05, 4.69) is 15.4 Å². The van der Waals surface area contributed by atoms with Crippen molar-refractivity contribution in [3.8, 4) is 0 Å². The van der Waals surface area contributed by atoms with Crippen LogP contribution in [0.3, 0.4) is 0 Å². The summed E-state index contributed by atoms with van der Waals surface area (Å²) in [6, 6.07) is 2.50.